The number of benzene rings is 1. The minimum atomic E-state index is -0.800. The van der Waals surface area contributed by atoms with Gasteiger partial charge in [-0.1, -0.05) is 31.5 Å². The zero-order valence-corrected chi connectivity index (χ0v) is 17.4. The molecule has 0 aromatic heterocycles. The molecule has 29 heavy (non-hydrogen) atoms. The number of hydrogen-bond donors (Lipinski definition) is 1. The summed E-state index contributed by atoms with van der Waals surface area (Å²) in [5.41, 5.74) is -0.800. The molecule has 1 aromatic carbocycles. The van der Waals surface area contributed by atoms with Crippen LogP contribution in [0.4, 0.5) is 4.79 Å². The van der Waals surface area contributed by atoms with Gasteiger partial charge < -0.3 is 15.0 Å². The summed E-state index contributed by atoms with van der Waals surface area (Å²) in [6.45, 7) is 2.94. The molecule has 1 aliphatic carbocycles. The smallest absolute Gasteiger partial charge is 0.325 e. The first-order valence-corrected chi connectivity index (χ1v) is 10.5. The van der Waals surface area contributed by atoms with E-state index in [1.54, 1.807) is 11.9 Å². The third kappa shape index (κ3) is 4.89. The molecule has 7 heteroatoms. The van der Waals surface area contributed by atoms with Crippen molar-refractivity contribution in [3.8, 4) is 5.75 Å². The maximum atomic E-state index is 12.9. The van der Waals surface area contributed by atoms with Gasteiger partial charge in [0.25, 0.3) is 5.91 Å². The second kappa shape index (κ2) is 9.29. The van der Waals surface area contributed by atoms with Gasteiger partial charge in [0, 0.05) is 13.6 Å². The van der Waals surface area contributed by atoms with Gasteiger partial charge in [-0.3, -0.25) is 14.5 Å². The Balaban J connectivity index is 1.45. The first kappa shape index (κ1) is 21.1. The number of para-hydroxylation sites is 1. The number of hydrogen-bond acceptors (Lipinski definition) is 4. The first-order valence-electron chi connectivity index (χ1n) is 10.5. The average Bonchev–Trinajstić information content (AvgIpc) is 2.96. The van der Waals surface area contributed by atoms with E-state index >= 15 is 0 Å². The number of amides is 4. The van der Waals surface area contributed by atoms with Crippen molar-refractivity contribution in [3.63, 3.8) is 0 Å². The van der Waals surface area contributed by atoms with Crippen molar-refractivity contribution in [2.45, 2.75) is 51.0 Å². The van der Waals surface area contributed by atoms with Crippen LogP contribution in [0.25, 0.3) is 0 Å². The number of nitrogens with zero attached hydrogens (tertiary/aromatic N) is 2. The van der Waals surface area contributed by atoms with Gasteiger partial charge in [-0.15, -0.1) is 0 Å². The molecule has 1 saturated heterocycles. The van der Waals surface area contributed by atoms with Crippen LogP contribution >= 0.6 is 0 Å². The van der Waals surface area contributed by atoms with Gasteiger partial charge in [0.05, 0.1) is 6.61 Å². The molecule has 1 aromatic rings. The Bertz CT molecular complexity index is 729. The predicted molar refractivity (Wildman–Crippen MR) is 109 cm³/mol. The Kier molecular flexibility index (Phi) is 6.77. The van der Waals surface area contributed by atoms with Gasteiger partial charge in [0.15, 0.2) is 0 Å². The molecular weight excluding hydrogens is 370 g/mol. The molecule has 0 atom stereocenters. The van der Waals surface area contributed by atoms with Crippen LogP contribution < -0.4 is 10.1 Å². The number of ether oxygens (including phenoxy) is 1. The van der Waals surface area contributed by atoms with E-state index < -0.39 is 11.6 Å². The third-order valence-corrected chi connectivity index (χ3v) is 6.15. The predicted octanol–water partition coefficient (Wildman–Crippen LogP) is 2.80. The zero-order valence-electron chi connectivity index (χ0n) is 17.4. The quantitative estimate of drug-likeness (QED) is 0.537. The summed E-state index contributed by atoms with van der Waals surface area (Å²) in [4.78, 5) is 40.5. The number of likely N-dealkylation sites (N-methyl/N-ethyl adjacent to an activating group) is 1. The fourth-order valence-electron chi connectivity index (χ4n) is 4.13. The summed E-state index contributed by atoms with van der Waals surface area (Å²) in [6.07, 6.45) is 4.96. The summed E-state index contributed by atoms with van der Waals surface area (Å²) in [6, 6.07) is 9.07. The largest absolute Gasteiger partial charge is 0.494 e. The van der Waals surface area contributed by atoms with Gasteiger partial charge in [-0.25, -0.2) is 4.79 Å². The van der Waals surface area contributed by atoms with Crippen molar-refractivity contribution in [2.75, 3.05) is 26.7 Å². The Hall–Kier alpha value is -2.57. The molecule has 0 bridgehead atoms. The van der Waals surface area contributed by atoms with Gasteiger partial charge in [-0.05, 0) is 50.2 Å². The monoisotopic (exact) mass is 401 g/mol. The minimum Gasteiger partial charge on any atom is -0.494 e. The van der Waals surface area contributed by atoms with Crippen LogP contribution in [0.1, 0.15) is 45.4 Å². The molecule has 0 radical (unpaired) electrons. The van der Waals surface area contributed by atoms with Crippen molar-refractivity contribution in [1.82, 2.24) is 15.1 Å². The number of carbonyl (C=O) groups excluding carboxylic acids is 3. The van der Waals surface area contributed by atoms with Crippen LogP contribution in [0, 0.1) is 5.92 Å². The van der Waals surface area contributed by atoms with Crippen LogP contribution in [0.5, 0.6) is 5.75 Å². The molecule has 0 unspecified atom stereocenters. The van der Waals surface area contributed by atoms with Gasteiger partial charge in [0.1, 0.15) is 17.8 Å². The molecule has 1 spiro atoms. The highest BCUT2D eigenvalue weighted by atomic mass is 16.5. The number of carbonyl (C=O) groups is 3. The van der Waals surface area contributed by atoms with E-state index in [4.69, 9.17) is 4.74 Å². The Labute approximate surface area is 172 Å². The van der Waals surface area contributed by atoms with E-state index in [0.717, 1.165) is 29.9 Å². The first-order chi connectivity index (χ1) is 13.9. The lowest BCUT2D eigenvalue weighted by Gasteiger charge is -2.34. The third-order valence-electron chi connectivity index (χ3n) is 6.15. The topological polar surface area (TPSA) is 79.0 Å². The highest BCUT2D eigenvalue weighted by Crippen LogP contribution is 2.37. The number of urea groups is 1. The van der Waals surface area contributed by atoms with Gasteiger partial charge >= 0.3 is 6.03 Å². The molecular formula is C22H31N3O4. The lowest BCUT2D eigenvalue weighted by atomic mass is 9.75. The maximum absolute atomic E-state index is 12.9. The summed E-state index contributed by atoms with van der Waals surface area (Å²) < 4.78 is 5.63. The molecule has 7 nitrogen and oxygen atoms in total. The highest BCUT2D eigenvalue weighted by molar-refractivity contribution is 6.09. The number of rotatable bonds is 8. The fourth-order valence-corrected chi connectivity index (χ4v) is 4.13. The highest BCUT2D eigenvalue weighted by Gasteiger charge is 2.52. The van der Waals surface area contributed by atoms with Crippen molar-refractivity contribution in [1.29, 1.82) is 0 Å². The second-order valence-corrected chi connectivity index (χ2v) is 8.09. The van der Waals surface area contributed by atoms with Crippen LogP contribution in [0.2, 0.25) is 0 Å². The molecule has 1 N–H and O–H groups in total. The van der Waals surface area contributed by atoms with E-state index in [1.165, 1.54) is 0 Å². The van der Waals surface area contributed by atoms with Gasteiger partial charge in [0.2, 0.25) is 5.91 Å². The van der Waals surface area contributed by atoms with Gasteiger partial charge in [-0.2, -0.15) is 0 Å². The van der Waals surface area contributed by atoms with Crippen molar-refractivity contribution in [3.05, 3.63) is 30.3 Å². The van der Waals surface area contributed by atoms with Crippen molar-refractivity contribution in [2.24, 2.45) is 5.92 Å². The Morgan fingerprint density at radius 1 is 1.24 bits per heavy atom. The number of imide groups is 1. The Morgan fingerprint density at radius 2 is 1.93 bits per heavy atom. The zero-order chi connectivity index (χ0) is 20.9. The number of nitrogens with one attached hydrogen (secondary N) is 1. The van der Waals surface area contributed by atoms with Crippen molar-refractivity contribution >= 4 is 17.8 Å². The SMILES string of the molecule is CCC1CCC2(CC1)NC(=O)N(CC(=O)N(C)CCCOc1ccccc1)C2=O. The molecule has 4 amide bonds. The standard InChI is InChI=1S/C22H31N3O4/c1-3-17-10-12-22(13-11-17)20(27)25(21(28)23-22)16-19(26)24(2)14-7-15-29-18-8-5-4-6-9-18/h4-6,8-9,17H,3,7,10-16H2,1-2H3,(H,23,28). The summed E-state index contributed by atoms with van der Waals surface area (Å²) in [7, 11) is 1.69. The van der Waals surface area contributed by atoms with E-state index in [2.05, 4.69) is 12.2 Å². The Morgan fingerprint density at radius 3 is 2.59 bits per heavy atom. The molecule has 1 heterocycles. The van der Waals surface area contributed by atoms with Crippen LogP contribution in [-0.4, -0.2) is 59.9 Å². The van der Waals surface area contributed by atoms with E-state index in [-0.39, 0.29) is 18.4 Å². The lowest BCUT2D eigenvalue weighted by Crippen LogP contribution is -2.50. The summed E-state index contributed by atoms with van der Waals surface area (Å²) in [5, 5.41) is 2.88. The summed E-state index contributed by atoms with van der Waals surface area (Å²) in [5.74, 6) is 0.924. The lowest BCUT2D eigenvalue weighted by molar-refractivity contribution is -0.139. The molecule has 1 saturated carbocycles. The maximum Gasteiger partial charge on any atom is 0.325 e. The fraction of sp³-hybridized carbons (Fsp3) is 0.591. The average molecular weight is 402 g/mol. The molecule has 158 valence electrons. The summed E-state index contributed by atoms with van der Waals surface area (Å²) >= 11 is 0. The molecule has 3 rings (SSSR count). The van der Waals surface area contributed by atoms with Crippen LogP contribution in [0.15, 0.2) is 30.3 Å². The minimum absolute atomic E-state index is 0.209. The van der Waals surface area contributed by atoms with E-state index in [1.807, 2.05) is 30.3 Å². The normalized spacial score (nSPS) is 23.9. The van der Waals surface area contributed by atoms with Crippen LogP contribution in [-0.2, 0) is 9.59 Å². The van der Waals surface area contributed by atoms with Crippen LogP contribution in [0.3, 0.4) is 0 Å². The molecule has 1 aliphatic heterocycles. The van der Waals surface area contributed by atoms with E-state index in [9.17, 15) is 14.4 Å². The molecule has 2 aliphatic rings. The van der Waals surface area contributed by atoms with Crippen molar-refractivity contribution < 1.29 is 19.1 Å². The second-order valence-electron chi connectivity index (χ2n) is 8.09. The molecule has 2 fully saturated rings. The van der Waals surface area contributed by atoms with E-state index in [0.29, 0.717) is 38.3 Å².